The molecule has 5 N–H and O–H groups in total. The van der Waals surface area contributed by atoms with E-state index in [9.17, 15) is 15.3 Å². The summed E-state index contributed by atoms with van der Waals surface area (Å²) in [5, 5.41) is 30.8. The Balaban J connectivity index is 2.14. The second kappa shape index (κ2) is 4.78. The van der Waals surface area contributed by atoms with Gasteiger partial charge in [-0.2, -0.15) is 0 Å². The smallest absolute Gasteiger partial charge is 0.171 e. The van der Waals surface area contributed by atoms with E-state index in [1.807, 2.05) is 0 Å². The van der Waals surface area contributed by atoms with Crippen LogP contribution in [0.3, 0.4) is 0 Å². The van der Waals surface area contributed by atoms with Crippen LogP contribution < -0.4 is 5.73 Å². The van der Waals surface area contributed by atoms with E-state index in [1.165, 1.54) is 10.9 Å². The van der Waals surface area contributed by atoms with Gasteiger partial charge in [-0.3, -0.25) is 0 Å². The average molecular weight is 293 g/mol. The largest absolute Gasteiger partial charge is 0.394 e. The maximum Gasteiger partial charge on any atom is 0.171 e. The Morgan fingerprint density at radius 3 is 3.14 bits per heavy atom. The zero-order valence-corrected chi connectivity index (χ0v) is 11.0. The van der Waals surface area contributed by atoms with E-state index >= 15 is 0 Å². The molecule has 0 bridgehead atoms. The van der Waals surface area contributed by atoms with Gasteiger partial charge in [-0.05, 0) is 6.07 Å². The molecule has 1 saturated heterocycles. The summed E-state index contributed by atoms with van der Waals surface area (Å²) in [4.78, 5) is 8.00. The van der Waals surface area contributed by atoms with Gasteiger partial charge in [0.25, 0.3) is 0 Å². The van der Waals surface area contributed by atoms with E-state index < -0.39 is 30.6 Å². The van der Waals surface area contributed by atoms with Crippen molar-refractivity contribution in [3.05, 3.63) is 31.2 Å². The van der Waals surface area contributed by atoms with E-state index in [0.717, 1.165) is 12.6 Å². The van der Waals surface area contributed by atoms with Crippen molar-refractivity contribution in [1.82, 2.24) is 14.5 Å². The minimum atomic E-state index is -1.87. The van der Waals surface area contributed by atoms with Crippen LogP contribution in [-0.4, -0.2) is 54.3 Å². The summed E-state index contributed by atoms with van der Waals surface area (Å²) in [6.07, 6.45) is 0.559. The molecule has 0 radical (unpaired) electrons. The van der Waals surface area contributed by atoms with Crippen LogP contribution in [-0.2, 0) is 4.74 Å². The Labute approximate surface area is 121 Å². The van der Waals surface area contributed by atoms with E-state index in [4.69, 9.17) is 11.8 Å². The van der Waals surface area contributed by atoms with Crippen molar-refractivity contribution in [3.63, 3.8) is 0 Å². The van der Waals surface area contributed by atoms with Crippen LogP contribution in [0, 0.1) is 0 Å². The molecule has 0 aromatic carbocycles. The van der Waals surface area contributed by atoms with E-state index in [2.05, 4.69) is 9.97 Å². The zero-order valence-electron chi connectivity index (χ0n) is 12.0. The third kappa shape index (κ3) is 1.84. The maximum atomic E-state index is 10.7. The molecular formula is C13H16N4O4. The fraction of sp³-hybridized carbons (Fsp3) is 0.385. The van der Waals surface area contributed by atoms with E-state index in [1.54, 1.807) is 12.3 Å². The fourth-order valence-corrected chi connectivity index (χ4v) is 2.58. The standard InChI is InChI=1S/C13H16N4O4/c1-2-13(20)9(19)8(5-18)21-12(13)17-4-3-7-10(14)15-6-16-11(7)17/h2-4,6,8-9,12,18-20H,1,5H2,(H2,14,15,16)/t8-,9-,12?,13-/m1/s1/i1D. The molecule has 1 aliphatic rings. The van der Waals surface area contributed by atoms with E-state index in [-0.39, 0.29) is 5.82 Å². The van der Waals surface area contributed by atoms with Gasteiger partial charge in [0.05, 0.1) is 13.4 Å². The summed E-state index contributed by atoms with van der Waals surface area (Å²) in [5.41, 5.74) is 4.32. The van der Waals surface area contributed by atoms with Crippen molar-refractivity contribution >= 4 is 16.9 Å². The number of nitrogens with zero attached hydrogens (tertiary/aromatic N) is 3. The van der Waals surface area contributed by atoms with Gasteiger partial charge in [-0.1, -0.05) is 12.6 Å². The third-order valence-corrected chi connectivity index (χ3v) is 3.76. The summed E-state index contributed by atoms with van der Waals surface area (Å²) < 4.78 is 14.2. The molecule has 8 heteroatoms. The van der Waals surface area contributed by atoms with Crippen molar-refractivity contribution in [2.75, 3.05) is 12.3 Å². The number of anilines is 1. The SMILES string of the molecule is [2H]C=C[C@]1(O)C(n2ccc3c(N)ncnc32)O[C@H](CO)[C@H]1O. The minimum Gasteiger partial charge on any atom is -0.394 e. The molecular weight excluding hydrogens is 276 g/mol. The summed E-state index contributed by atoms with van der Waals surface area (Å²) >= 11 is 0. The lowest BCUT2D eigenvalue weighted by molar-refractivity contribution is -0.0768. The molecule has 0 amide bonds. The highest BCUT2D eigenvalue weighted by atomic mass is 16.6. The molecule has 0 saturated carbocycles. The second-order valence-electron chi connectivity index (χ2n) is 4.93. The lowest BCUT2D eigenvalue weighted by atomic mass is 9.94. The normalized spacial score (nSPS) is 33.9. The molecule has 3 rings (SSSR count). The number of hydrogen-bond acceptors (Lipinski definition) is 7. The number of fused-ring (bicyclic) bond motifs is 1. The minimum absolute atomic E-state index is 0.278. The third-order valence-electron chi connectivity index (χ3n) is 3.76. The number of hydrogen-bond donors (Lipinski definition) is 4. The Morgan fingerprint density at radius 1 is 1.62 bits per heavy atom. The van der Waals surface area contributed by atoms with E-state index in [0.29, 0.717) is 11.0 Å². The van der Waals surface area contributed by atoms with Crippen LogP contribution in [0.5, 0.6) is 0 Å². The number of aromatic nitrogens is 3. The molecule has 3 heterocycles. The lowest BCUT2D eigenvalue weighted by Crippen LogP contribution is -2.45. The molecule has 112 valence electrons. The van der Waals surface area contributed by atoms with Gasteiger partial charge < -0.3 is 30.4 Å². The Bertz CT molecular complexity index is 721. The van der Waals surface area contributed by atoms with Gasteiger partial charge in [0.1, 0.15) is 30.0 Å². The molecule has 1 aliphatic heterocycles. The average Bonchev–Trinajstić information content (AvgIpc) is 3.02. The summed E-state index contributed by atoms with van der Waals surface area (Å²) in [6, 6.07) is 1.66. The molecule has 4 atom stereocenters. The van der Waals surface area contributed by atoms with Gasteiger partial charge in [0.2, 0.25) is 0 Å². The highest BCUT2D eigenvalue weighted by Gasteiger charge is 2.54. The predicted molar refractivity (Wildman–Crippen MR) is 74.1 cm³/mol. The number of aliphatic hydroxyl groups excluding tert-OH is 2. The Hall–Kier alpha value is -2.00. The van der Waals surface area contributed by atoms with Crippen LogP contribution in [0.15, 0.2) is 31.2 Å². The van der Waals surface area contributed by atoms with Crippen LogP contribution in [0.2, 0.25) is 0 Å². The first-order valence-electron chi connectivity index (χ1n) is 6.90. The molecule has 1 unspecified atom stereocenters. The molecule has 21 heavy (non-hydrogen) atoms. The predicted octanol–water partition coefficient (Wildman–Crippen LogP) is -0.819. The molecule has 8 nitrogen and oxygen atoms in total. The first kappa shape index (κ1) is 12.7. The Morgan fingerprint density at radius 2 is 2.43 bits per heavy atom. The topological polar surface area (TPSA) is 127 Å². The summed E-state index contributed by atoms with van der Waals surface area (Å²) in [5.74, 6) is 0.278. The monoisotopic (exact) mass is 293 g/mol. The van der Waals surface area contributed by atoms with Crippen molar-refractivity contribution in [3.8, 4) is 0 Å². The number of rotatable bonds is 3. The summed E-state index contributed by atoms with van der Waals surface area (Å²) in [6.45, 7) is 0.399. The quantitative estimate of drug-likeness (QED) is 0.545. The van der Waals surface area contributed by atoms with Crippen molar-refractivity contribution in [2.24, 2.45) is 0 Å². The van der Waals surface area contributed by atoms with Gasteiger partial charge in [0.15, 0.2) is 11.8 Å². The maximum absolute atomic E-state index is 10.7. The number of aliphatic hydroxyl groups is 3. The Kier molecular flexibility index (Phi) is 2.89. The van der Waals surface area contributed by atoms with Gasteiger partial charge in [-0.25, -0.2) is 9.97 Å². The van der Waals surface area contributed by atoms with Crippen LogP contribution in [0.25, 0.3) is 11.0 Å². The highest BCUT2D eigenvalue weighted by molar-refractivity contribution is 5.86. The highest BCUT2D eigenvalue weighted by Crippen LogP contribution is 2.40. The molecule has 1 fully saturated rings. The first-order valence-corrected chi connectivity index (χ1v) is 6.32. The van der Waals surface area contributed by atoms with Gasteiger partial charge >= 0.3 is 0 Å². The lowest BCUT2D eigenvalue weighted by Gasteiger charge is -2.28. The summed E-state index contributed by atoms with van der Waals surface area (Å²) in [7, 11) is 0. The van der Waals surface area contributed by atoms with Crippen molar-refractivity contribution in [1.29, 1.82) is 0 Å². The zero-order chi connectivity index (χ0) is 15.9. The fourth-order valence-electron chi connectivity index (χ4n) is 2.58. The molecule has 2 aromatic rings. The van der Waals surface area contributed by atoms with Crippen molar-refractivity contribution < 1.29 is 21.4 Å². The number of ether oxygens (including phenoxy) is 1. The molecule has 2 aromatic heterocycles. The van der Waals surface area contributed by atoms with Crippen LogP contribution in [0.1, 0.15) is 7.60 Å². The van der Waals surface area contributed by atoms with Crippen molar-refractivity contribution in [2.45, 2.75) is 24.0 Å². The first-order chi connectivity index (χ1) is 10.5. The van der Waals surface area contributed by atoms with Gasteiger partial charge in [-0.15, -0.1) is 0 Å². The van der Waals surface area contributed by atoms with Gasteiger partial charge in [0, 0.05) is 6.20 Å². The number of nitrogen functional groups attached to an aromatic ring is 1. The van der Waals surface area contributed by atoms with Crippen LogP contribution in [0.4, 0.5) is 5.82 Å². The molecule has 0 spiro atoms. The van der Waals surface area contributed by atoms with Crippen LogP contribution >= 0.6 is 0 Å². The molecule has 0 aliphatic carbocycles. The second-order valence-corrected chi connectivity index (χ2v) is 4.93. The number of nitrogens with two attached hydrogens (primary N) is 1.